The minimum absolute atomic E-state index is 0.140. The van der Waals surface area contributed by atoms with Gasteiger partial charge in [-0.2, -0.15) is 0 Å². The minimum Gasteiger partial charge on any atom is -0.406 e. The van der Waals surface area contributed by atoms with E-state index in [0.29, 0.717) is 18.5 Å². The van der Waals surface area contributed by atoms with Gasteiger partial charge in [-0.3, -0.25) is 0 Å². The van der Waals surface area contributed by atoms with E-state index in [-0.39, 0.29) is 12.4 Å². The zero-order valence-electron chi connectivity index (χ0n) is 11.0. The predicted molar refractivity (Wildman–Crippen MR) is 68.9 cm³/mol. The number of hydrogen-bond donors (Lipinski definition) is 3. The minimum atomic E-state index is -4.75. The van der Waals surface area contributed by atoms with Crippen LogP contribution >= 0.6 is 0 Å². The van der Waals surface area contributed by atoms with Gasteiger partial charge in [-0.15, -0.1) is 13.2 Å². The maximum Gasteiger partial charge on any atom is 0.573 e. The molecule has 0 bridgehead atoms. The van der Waals surface area contributed by atoms with Crippen molar-refractivity contribution in [3.05, 3.63) is 24.3 Å². The van der Waals surface area contributed by atoms with Crippen molar-refractivity contribution in [2.24, 2.45) is 0 Å². The fraction of sp³-hybridized carbons (Fsp3) is 0.462. The molecule has 1 aromatic carbocycles. The summed E-state index contributed by atoms with van der Waals surface area (Å²) in [6.45, 7) is -0.140. The summed E-state index contributed by atoms with van der Waals surface area (Å²) >= 11 is 0. The van der Waals surface area contributed by atoms with Crippen LogP contribution in [0.4, 0.5) is 23.7 Å². The molecule has 5 nitrogen and oxygen atoms in total. The summed E-state index contributed by atoms with van der Waals surface area (Å²) in [5, 5.41) is 14.4. The Morgan fingerprint density at radius 2 is 1.90 bits per heavy atom. The van der Waals surface area contributed by atoms with Crippen molar-refractivity contribution in [3.63, 3.8) is 0 Å². The van der Waals surface area contributed by atoms with E-state index in [1.165, 1.54) is 12.1 Å². The molecule has 0 unspecified atom stereocenters. The fourth-order valence-corrected chi connectivity index (χ4v) is 2.07. The monoisotopic (exact) mass is 304 g/mol. The van der Waals surface area contributed by atoms with Gasteiger partial charge < -0.3 is 20.5 Å². The maximum absolute atomic E-state index is 12.0. The average Bonchev–Trinajstić information content (AvgIpc) is 2.34. The van der Waals surface area contributed by atoms with Gasteiger partial charge in [0.15, 0.2) is 0 Å². The van der Waals surface area contributed by atoms with Gasteiger partial charge in [-0.1, -0.05) is 0 Å². The molecule has 3 N–H and O–H groups in total. The molecule has 0 aliphatic heterocycles. The molecule has 2 amide bonds. The topological polar surface area (TPSA) is 70.6 Å². The van der Waals surface area contributed by atoms with Crippen LogP contribution in [-0.4, -0.2) is 29.6 Å². The van der Waals surface area contributed by atoms with Gasteiger partial charge in [0.2, 0.25) is 0 Å². The SMILES string of the molecule is O=C(Nc1ccc(OC(F)(F)F)cc1)NC1(CO)CCC1. The summed E-state index contributed by atoms with van der Waals surface area (Å²) in [6.07, 6.45) is -2.40. The first-order chi connectivity index (χ1) is 9.82. The number of carbonyl (C=O) groups is 1. The Morgan fingerprint density at radius 1 is 1.29 bits per heavy atom. The number of benzene rings is 1. The highest BCUT2D eigenvalue weighted by Gasteiger charge is 2.37. The van der Waals surface area contributed by atoms with Gasteiger partial charge >= 0.3 is 12.4 Å². The van der Waals surface area contributed by atoms with Crippen LogP contribution in [0.25, 0.3) is 0 Å². The second kappa shape index (κ2) is 5.80. The van der Waals surface area contributed by atoms with Gasteiger partial charge in [0.1, 0.15) is 5.75 Å². The number of rotatable bonds is 4. The van der Waals surface area contributed by atoms with Crippen molar-refractivity contribution < 1.29 is 27.8 Å². The molecule has 1 aliphatic carbocycles. The van der Waals surface area contributed by atoms with Crippen LogP contribution in [0.3, 0.4) is 0 Å². The molecule has 116 valence electrons. The molecule has 0 aromatic heterocycles. The molecule has 0 heterocycles. The molecule has 0 spiro atoms. The van der Waals surface area contributed by atoms with Gasteiger partial charge in [-0.05, 0) is 43.5 Å². The number of aliphatic hydroxyl groups excluding tert-OH is 1. The average molecular weight is 304 g/mol. The van der Waals surface area contributed by atoms with Crippen molar-refractivity contribution >= 4 is 11.7 Å². The van der Waals surface area contributed by atoms with Crippen LogP contribution in [0.15, 0.2) is 24.3 Å². The Labute approximate surface area is 119 Å². The summed E-state index contributed by atoms with van der Waals surface area (Å²) in [7, 11) is 0. The second-order valence-electron chi connectivity index (χ2n) is 4.94. The first kappa shape index (κ1) is 15.4. The number of carbonyl (C=O) groups excluding carboxylic acids is 1. The summed E-state index contributed by atoms with van der Waals surface area (Å²) < 4.78 is 39.7. The Bertz CT molecular complexity index is 493. The fourth-order valence-electron chi connectivity index (χ4n) is 2.07. The first-order valence-electron chi connectivity index (χ1n) is 6.38. The molecule has 1 aliphatic rings. The zero-order chi connectivity index (χ0) is 15.5. The maximum atomic E-state index is 12.0. The van der Waals surface area contributed by atoms with Crippen molar-refractivity contribution in [2.75, 3.05) is 11.9 Å². The largest absolute Gasteiger partial charge is 0.573 e. The molecule has 21 heavy (non-hydrogen) atoms. The highest BCUT2D eigenvalue weighted by Crippen LogP contribution is 2.31. The first-order valence-corrected chi connectivity index (χ1v) is 6.38. The third-order valence-electron chi connectivity index (χ3n) is 3.34. The lowest BCUT2D eigenvalue weighted by molar-refractivity contribution is -0.274. The Balaban J connectivity index is 1.89. The number of amides is 2. The zero-order valence-corrected chi connectivity index (χ0v) is 11.0. The van der Waals surface area contributed by atoms with E-state index in [9.17, 15) is 23.1 Å². The number of nitrogens with one attached hydrogen (secondary N) is 2. The standard InChI is InChI=1S/C13H15F3N2O3/c14-13(15,16)21-10-4-2-9(3-5-10)17-11(20)18-12(8-19)6-1-7-12/h2-5,19H,1,6-8H2,(H2,17,18,20). The highest BCUT2D eigenvalue weighted by atomic mass is 19.4. The molecule has 1 fully saturated rings. The summed E-state index contributed by atoms with van der Waals surface area (Å²) in [6, 6.07) is 4.30. The third kappa shape index (κ3) is 4.25. The van der Waals surface area contributed by atoms with Gasteiger partial charge in [0, 0.05) is 5.69 Å². The molecule has 0 atom stereocenters. The molecule has 1 saturated carbocycles. The lowest BCUT2D eigenvalue weighted by atomic mass is 9.77. The lowest BCUT2D eigenvalue weighted by Gasteiger charge is -2.40. The van der Waals surface area contributed by atoms with Gasteiger partial charge in [-0.25, -0.2) is 4.79 Å². The van der Waals surface area contributed by atoms with Crippen LogP contribution < -0.4 is 15.4 Å². The summed E-state index contributed by atoms with van der Waals surface area (Å²) in [4.78, 5) is 11.7. The third-order valence-corrected chi connectivity index (χ3v) is 3.34. The molecule has 2 rings (SSSR count). The van der Waals surface area contributed by atoms with Crippen LogP contribution in [0, 0.1) is 0 Å². The number of anilines is 1. The highest BCUT2D eigenvalue weighted by molar-refractivity contribution is 5.89. The molecule has 8 heteroatoms. The normalized spacial score (nSPS) is 16.8. The van der Waals surface area contributed by atoms with Gasteiger partial charge in [0.25, 0.3) is 0 Å². The van der Waals surface area contributed by atoms with E-state index in [1.807, 2.05) is 0 Å². The van der Waals surface area contributed by atoms with Crippen LogP contribution in [0.2, 0.25) is 0 Å². The number of halogens is 3. The van der Waals surface area contributed by atoms with E-state index < -0.39 is 17.9 Å². The number of urea groups is 1. The molecular weight excluding hydrogens is 289 g/mol. The smallest absolute Gasteiger partial charge is 0.406 e. The molecule has 0 saturated heterocycles. The number of aliphatic hydroxyl groups is 1. The van der Waals surface area contributed by atoms with E-state index in [2.05, 4.69) is 15.4 Å². The summed E-state index contributed by atoms with van der Waals surface area (Å²) in [5.74, 6) is -0.362. The Hall–Kier alpha value is -1.96. The molecule has 0 radical (unpaired) electrons. The van der Waals surface area contributed by atoms with E-state index >= 15 is 0 Å². The van der Waals surface area contributed by atoms with Crippen LogP contribution in [0.5, 0.6) is 5.75 Å². The van der Waals surface area contributed by atoms with Crippen LogP contribution in [0.1, 0.15) is 19.3 Å². The Morgan fingerprint density at radius 3 is 2.33 bits per heavy atom. The number of hydrogen-bond acceptors (Lipinski definition) is 3. The summed E-state index contributed by atoms with van der Waals surface area (Å²) in [5.41, 5.74) is -0.252. The van der Waals surface area contributed by atoms with Crippen molar-refractivity contribution in [1.82, 2.24) is 5.32 Å². The number of alkyl halides is 3. The Kier molecular flexibility index (Phi) is 4.26. The van der Waals surface area contributed by atoms with Crippen molar-refractivity contribution in [1.29, 1.82) is 0 Å². The second-order valence-corrected chi connectivity index (χ2v) is 4.94. The number of ether oxygens (including phenoxy) is 1. The van der Waals surface area contributed by atoms with Crippen LogP contribution in [-0.2, 0) is 0 Å². The van der Waals surface area contributed by atoms with Crippen molar-refractivity contribution in [3.8, 4) is 5.75 Å². The van der Waals surface area contributed by atoms with Gasteiger partial charge in [0.05, 0.1) is 12.1 Å². The molecule has 1 aromatic rings. The van der Waals surface area contributed by atoms with E-state index in [0.717, 1.165) is 18.6 Å². The van der Waals surface area contributed by atoms with Crippen molar-refractivity contribution in [2.45, 2.75) is 31.2 Å². The van der Waals surface area contributed by atoms with E-state index in [4.69, 9.17) is 0 Å². The van der Waals surface area contributed by atoms with E-state index in [1.54, 1.807) is 0 Å². The lowest BCUT2D eigenvalue weighted by Crippen LogP contribution is -2.57. The molecular formula is C13H15F3N2O3. The quantitative estimate of drug-likeness (QED) is 0.801. The predicted octanol–water partition coefficient (Wildman–Crippen LogP) is 2.62.